The first-order valence-corrected chi connectivity index (χ1v) is 8.09. The molecule has 2 rings (SSSR count). The highest BCUT2D eigenvalue weighted by Crippen LogP contribution is 2.45. The molecular formula is C17H24Cl2. The molecule has 0 heterocycles. The molecule has 3 unspecified atom stereocenters. The zero-order valence-electron chi connectivity index (χ0n) is 12.1. The second-order valence-electron chi connectivity index (χ2n) is 6.80. The molecular weight excluding hydrogens is 275 g/mol. The number of hydrogen-bond donors (Lipinski definition) is 0. The normalized spacial score (nSPS) is 28.4. The van der Waals surface area contributed by atoms with Crippen molar-refractivity contribution in [2.45, 2.75) is 51.8 Å². The highest BCUT2D eigenvalue weighted by atomic mass is 35.5. The van der Waals surface area contributed by atoms with Crippen LogP contribution in [-0.4, -0.2) is 5.38 Å². The predicted molar refractivity (Wildman–Crippen MR) is 85.1 cm³/mol. The predicted octanol–water partition coefficient (Wildman–Crippen LogP) is 5.95. The van der Waals surface area contributed by atoms with Crippen LogP contribution in [0.2, 0.25) is 5.02 Å². The third-order valence-corrected chi connectivity index (χ3v) is 5.49. The average molecular weight is 299 g/mol. The Morgan fingerprint density at radius 2 is 1.89 bits per heavy atom. The van der Waals surface area contributed by atoms with Crippen molar-refractivity contribution >= 4 is 23.2 Å². The smallest absolute Gasteiger partial charge is 0.0438 e. The summed E-state index contributed by atoms with van der Waals surface area (Å²) < 4.78 is 0. The van der Waals surface area contributed by atoms with E-state index < -0.39 is 0 Å². The summed E-state index contributed by atoms with van der Waals surface area (Å²) in [5, 5.41) is 1.19. The van der Waals surface area contributed by atoms with Gasteiger partial charge in [0.15, 0.2) is 0 Å². The number of benzene rings is 1. The van der Waals surface area contributed by atoms with Crippen molar-refractivity contribution < 1.29 is 0 Å². The second-order valence-corrected chi connectivity index (χ2v) is 7.77. The summed E-state index contributed by atoms with van der Waals surface area (Å²) in [6, 6.07) is 8.18. The fraction of sp³-hybridized carbons (Fsp3) is 0.647. The minimum absolute atomic E-state index is 0.206. The first-order chi connectivity index (χ1) is 8.90. The van der Waals surface area contributed by atoms with E-state index in [2.05, 4.69) is 32.9 Å². The van der Waals surface area contributed by atoms with Gasteiger partial charge in [0.05, 0.1) is 0 Å². The summed E-state index contributed by atoms with van der Waals surface area (Å²) in [4.78, 5) is 0. The van der Waals surface area contributed by atoms with E-state index >= 15 is 0 Å². The maximum absolute atomic E-state index is 6.64. The van der Waals surface area contributed by atoms with Gasteiger partial charge in [-0.05, 0) is 48.1 Å². The molecule has 0 spiro atoms. The van der Waals surface area contributed by atoms with Gasteiger partial charge >= 0.3 is 0 Å². The van der Waals surface area contributed by atoms with Crippen molar-refractivity contribution in [2.24, 2.45) is 17.3 Å². The Morgan fingerprint density at radius 1 is 1.21 bits per heavy atom. The van der Waals surface area contributed by atoms with Gasteiger partial charge in [0.2, 0.25) is 0 Å². The molecule has 0 radical (unpaired) electrons. The average Bonchev–Trinajstić information content (AvgIpc) is 2.31. The van der Waals surface area contributed by atoms with Crippen molar-refractivity contribution in [3.05, 3.63) is 34.9 Å². The van der Waals surface area contributed by atoms with E-state index in [0.717, 1.165) is 23.8 Å². The number of hydrogen-bond acceptors (Lipinski definition) is 0. The summed E-state index contributed by atoms with van der Waals surface area (Å²) >= 11 is 12.9. The fourth-order valence-electron chi connectivity index (χ4n) is 3.46. The van der Waals surface area contributed by atoms with Crippen LogP contribution in [0, 0.1) is 17.3 Å². The third-order valence-electron chi connectivity index (χ3n) is 4.64. The van der Waals surface area contributed by atoms with E-state index in [0.29, 0.717) is 11.3 Å². The van der Waals surface area contributed by atoms with Crippen molar-refractivity contribution in [1.29, 1.82) is 0 Å². The van der Waals surface area contributed by atoms with Crippen LogP contribution in [0.5, 0.6) is 0 Å². The standard InChI is InChI=1S/C17H24Cl2/c1-12-8-9-14(16(19)10-12)17(2,3)11-13-6-4-5-7-15(13)18/h4-7,12,14,16H,8-11H2,1-3H3. The number of rotatable bonds is 3. The monoisotopic (exact) mass is 298 g/mol. The molecule has 0 aromatic heterocycles. The van der Waals surface area contributed by atoms with Crippen molar-refractivity contribution in [3.8, 4) is 0 Å². The molecule has 19 heavy (non-hydrogen) atoms. The summed E-state index contributed by atoms with van der Waals surface area (Å²) in [5.74, 6) is 1.36. The summed E-state index contributed by atoms with van der Waals surface area (Å²) in [6.45, 7) is 6.99. The van der Waals surface area contributed by atoms with Crippen LogP contribution in [0.15, 0.2) is 24.3 Å². The van der Waals surface area contributed by atoms with Gasteiger partial charge in [0, 0.05) is 10.4 Å². The van der Waals surface area contributed by atoms with Gasteiger partial charge in [-0.1, -0.05) is 57.0 Å². The van der Waals surface area contributed by atoms with Crippen LogP contribution < -0.4 is 0 Å². The van der Waals surface area contributed by atoms with Gasteiger partial charge in [-0.25, -0.2) is 0 Å². The Hall–Kier alpha value is -0.200. The molecule has 0 N–H and O–H groups in total. The minimum atomic E-state index is 0.206. The van der Waals surface area contributed by atoms with Crippen LogP contribution in [0.25, 0.3) is 0 Å². The van der Waals surface area contributed by atoms with Crippen LogP contribution in [0.1, 0.15) is 45.6 Å². The van der Waals surface area contributed by atoms with Crippen LogP contribution in [0.4, 0.5) is 0 Å². The van der Waals surface area contributed by atoms with Crippen LogP contribution >= 0.6 is 23.2 Å². The van der Waals surface area contributed by atoms with Crippen LogP contribution in [-0.2, 0) is 6.42 Å². The molecule has 0 aliphatic heterocycles. The third kappa shape index (κ3) is 3.67. The van der Waals surface area contributed by atoms with Crippen molar-refractivity contribution in [1.82, 2.24) is 0 Å². The van der Waals surface area contributed by atoms with Gasteiger partial charge in [0.1, 0.15) is 0 Å². The van der Waals surface area contributed by atoms with Gasteiger partial charge in [-0.15, -0.1) is 11.6 Å². The second kappa shape index (κ2) is 6.06. The molecule has 1 aromatic carbocycles. The summed E-state index contributed by atoms with van der Waals surface area (Å²) in [7, 11) is 0. The Balaban J connectivity index is 2.12. The molecule has 1 saturated carbocycles. The van der Waals surface area contributed by atoms with Crippen molar-refractivity contribution in [3.63, 3.8) is 0 Å². The molecule has 1 aliphatic carbocycles. The lowest BCUT2D eigenvalue weighted by molar-refractivity contribution is 0.142. The van der Waals surface area contributed by atoms with Gasteiger partial charge in [-0.2, -0.15) is 0 Å². The van der Waals surface area contributed by atoms with E-state index in [1.165, 1.54) is 18.4 Å². The van der Waals surface area contributed by atoms with E-state index in [-0.39, 0.29) is 5.41 Å². The lowest BCUT2D eigenvalue weighted by atomic mass is 9.66. The maximum Gasteiger partial charge on any atom is 0.0438 e. The van der Waals surface area contributed by atoms with Crippen molar-refractivity contribution in [2.75, 3.05) is 0 Å². The van der Waals surface area contributed by atoms with E-state index in [1.54, 1.807) is 0 Å². The molecule has 1 aromatic rings. The highest BCUT2D eigenvalue weighted by molar-refractivity contribution is 6.31. The zero-order valence-corrected chi connectivity index (χ0v) is 13.6. The topological polar surface area (TPSA) is 0 Å². The maximum atomic E-state index is 6.64. The van der Waals surface area contributed by atoms with E-state index in [1.807, 2.05) is 12.1 Å². The quantitative estimate of drug-likeness (QED) is 0.605. The van der Waals surface area contributed by atoms with E-state index in [4.69, 9.17) is 23.2 Å². The molecule has 0 saturated heterocycles. The molecule has 0 nitrogen and oxygen atoms in total. The number of halogens is 2. The van der Waals surface area contributed by atoms with E-state index in [9.17, 15) is 0 Å². The Labute approximate surface area is 127 Å². The Bertz CT molecular complexity index is 425. The van der Waals surface area contributed by atoms with Gasteiger partial charge in [-0.3, -0.25) is 0 Å². The molecule has 2 heteroatoms. The number of alkyl halides is 1. The summed E-state index contributed by atoms with van der Waals surface area (Å²) in [6.07, 6.45) is 4.71. The van der Waals surface area contributed by atoms with Crippen LogP contribution in [0.3, 0.4) is 0 Å². The minimum Gasteiger partial charge on any atom is -0.123 e. The zero-order chi connectivity index (χ0) is 14.0. The lowest BCUT2D eigenvalue weighted by Gasteiger charge is -2.42. The Kier molecular flexibility index (Phi) is 4.84. The SMILES string of the molecule is CC1CCC(C(C)(C)Cc2ccccc2Cl)C(Cl)C1. The first kappa shape index (κ1) is 15.2. The fourth-order valence-corrected chi connectivity index (χ4v) is 4.43. The Morgan fingerprint density at radius 3 is 2.53 bits per heavy atom. The largest absolute Gasteiger partial charge is 0.123 e. The lowest BCUT2D eigenvalue weighted by Crippen LogP contribution is -2.37. The van der Waals surface area contributed by atoms with Gasteiger partial charge in [0.25, 0.3) is 0 Å². The molecule has 106 valence electrons. The molecule has 1 aliphatic rings. The first-order valence-electron chi connectivity index (χ1n) is 7.27. The molecule has 1 fully saturated rings. The summed E-state index contributed by atoms with van der Waals surface area (Å²) in [5.41, 5.74) is 1.45. The highest BCUT2D eigenvalue weighted by Gasteiger charge is 2.38. The molecule has 0 amide bonds. The van der Waals surface area contributed by atoms with Gasteiger partial charge < -0.3 is 0 Å². The molecule has 0 bridgehead atoms. The molecule has 3 atom stereocenters.